The Hall–Kier alpha value is -2.54. The van der Waals surface area contributed by atoms with Gasteiger partial charge in [0.2, 0.25) is 5.91 Å². The highest BCUT2D eigenvalue weighted by Crippen LogP contribution is 2.09. The molecule has 0 saturated carbocycles. The number of hydrogen-bond donors (Lipinski definition) is 1. The van der Waals surface area contributed by atoms with E-state index in [4.69, 9.17) is 8.83 Å². The fourth-order valence-electron chi connectivity index (χ4n) is 2.53. The van der Waals surface area contributed by atoms with Crippen LogP contribution in [0.15, 0.2) is 45.6 Å². The summed E-state index contributed by atoms with van der Waals surface area (Å²) in [6, 6.07) is 7.01. The number of carbonyl (C=O) groups is 2. The normalized spacial score (nSPS) is 15.0. The monoisotopic (exact) mass is 317 g/mol. The lowest BCUT2D eigenvalue weighted by Crippen LogP contribution is -2.52. The topological polar surface area (TPSA) is 78.9 Å². The maximum atomic E-state index is 12.1. The van der Waals surface area contributed by atoms with Gasteiger partial charge in [0, 0.05) is 26.2 Å². The van der Waals surface area contributed by atoms with Crippen molar-refractivity contribution in [2.24, 2.45) is 0 Å². The molecule has 1 aliphatic rings. The van der Waals surface area contributed by atoms with Crippen LogP contribution in [-0.4, -0.2) is 54.3 Å². The van der Waals surface area contributed by atoms with E-state index in [2.05, 4.69) is 5.32 Å². The summed E-state index contributed by atoms with van der Waals surface area (Å²) in [4.78, 5) is 27.8. The van der Waals surface area contributed by atoms with Gasteiger partial charge in [0.15, 0.2) is 5.76 Å². The second-order valence-corrected chi connectivity index (χ2v) is 5.33. The van der Waals surface area contributed by atoms with Gasteiger partial charge in [-0.3, -0.25) is 9.59 Å². The van der Waals surface area contributed by atoms with Crippen LogP contribution < -0.4 is 5.32 Å². The molecule has 3 rings (SSSR count). The van der Waals surface area contributed by atoms with E-state index in [-0.39, 0.29) is 18.4 Å². The van der Waals surface area contributed by atoms with Crippen LogP contribution in [0.3, 0.4) is 0 Å². The molecule has 0 unspecified atom stereocenters. The van der Waals surface area contributed by atoms with Gasteiger partial charge in [0.25, 0.3) is 5.91 Å². The molecule has 0 spiro atoms. The van der Waals surface area contributed by atoms with Gasteiger partial charge in [0.05, 0.1) is 25.6 Å². The number of piperazine rings is 1. The van der Waals surface area contributed by atoms with Gasteiger partial charge in [-0.15, -0.1) is 0 Å². The molecule has 23 heavy (non-hydrogen) atoms. The molecule has 2 aromatic heterocycles. The molecule has 7 heteroatoms. The van der Waals surface area contributed by atoms with Crippen molar-refractivity contribution in [3.05, 3.63) is 48.3 Å². The first-order valence-corrected chi connectivity index (χ1v) is 7.57. The third-order valence-corrected chi connectivity index (χ3v) is 3.81. The Bertz CT molecular complexity index is 628. The summed E-state index contributed by atoms with van der Waals surface area (Å²) in [5.74, 6) is 1.04. The first-order valence-electron chi connectivity index (χ1n) is 7.57. The minimum Gasteiger partial charge on any atom is -0.468 e. The van der Waals surface area contributed by atoms with Gasteiger partial charge in [0.1, 0.15) is 5.76 Å². The van der Waals surface area contributed by atoms with Crippen molar-refractivity contribution < 1.29 is 18.4 Å². The Labute approximate surface area is 133 Å². The number of hydrogen-bond acceptors (Lipinski definition) is 5. The van der Waals surface area contributed by atoms with Crippen molar-refractivity contribution in [1.82, 2.24) is 15.1 Å². The first kappa shape index (κ1) is 15.4. The molecular formula is C16H19N3O4. The SMILES string of the molecule is O=C(CNCc1ccco1)N1CCN(C(=O)c2ccco2)CC1. The number of furan rings is 2. The highest BCUT2D eigenvalue weighted by atomic mass is 16.3. The summed E-state index contributed by atoms with van der Waals surface area (Å²) in [5.41, 5.74) is 0. The van der Waals surface area contributed by atoms with Crippen LogP contribution in [-0.2, 0) is 11.3 Å². The zero-order valence-corrected chi connectivity index (χ0v) is 12.7. The lowest BCUT2D eigenvalue weighted by molar-refractivity contribution is -0.131. The van der Waals surface area contributed by atoms with E-state index in [0.29, 0.717) is 38.5 Å². The summed E-state index contributed by atoms with van der Waals surface area (Å²) >= 11 is 0. The van der Waals surface area contributed by atoms with E-state index in [1.165, 1.54) is 6.26 Å². The summed E-state index contributed by atoms with van der Waals surface area (Å²) in [5, 5.41) is 3.06. The average molecular weight is 317 g/mol. The first-order chi connectivity index (χ1) is 11.2. The molecule has 2 aromatic rings. The summed E-state index contributed by atoms with van der Waals surface area (Å²) in [6.07, 6.45) is 3.09. The van der Waals surface area contributed by atoms with Crippen molar-refractivity contribution in [2.75, 3.05) is 32.7 Å². The van der Waals surface area contributed by atoms with Gasteiger partial charge < -0.3 is 24.0 Å². The maximum absolute atomic E-state index is 12.1. The van der Waals surface area contributed by atoms with Crippen molar-refractivity contribution in [2.45, 2.75) is 6.54 Å². The highest BCUT2D eigenvalue weighted by Gasteiger charge is 2.25. The zero-order chi connectivity index (χ0) is 16.1. The van der Waals surface area contributed by atoms with Crippen LogP contribution in [0.5, 0.6) is 0 Å². The predicted molar refractivity (Wildman–Crippen MR) is 81.6 cm³/mol. The molecule has 0 radical (unpaired) electrons. The molecular weight excluding hydrogens is 298 g/mol. The smallest absolute Gasteiger partial charge is 0.289 e. The minimum absolute atomic E-state index is 0.0293. The van der Waals surface area contributed by atoms with Crippen LogP contribution in [0.4, 0.5) is 0 Å². The lowest BCUT2D eigenvalue weighted by Gasteiger charge is -2.34. The quantitative estimate of drug-likeness (QED) is 0.888. The fraction of sp³-hybridized carbons (Fsp3) is 0.375. The summed E-state index contributed by atoms with van der Waals surface area (Å²) in [7, 11) is 0. The van der Waals surface area contributed by atoms with Gasteiger partial charge in [-0.2, -0.15) is 0 Å². The Morgan fingerprint density at radius 2 is 1.70 bits per heavy atom. The molecule has 3 heterocycles. The second-order valence-electron chi connectivity index (χ2n) is 5.33. The molecule has 1 fully saturated rings. The van der Waals surface area contributed by atoms with E-state index in [1.54, 1.807) is 28.2 Å². The van der Waals surface area contributed by atoms with Crippen LogP contribution in [0.1, 0.15) is 16.3 Å². The largest absolute Gasteiger partial charge is 0.468 e. The van der Waals surface area contributed by atoms with Crippen molar-refractivity contribution >= 4 is 11.8 Å². The van der Waals surface area contributed by atoms with E-state index in [9.17, 15) is 9.59 Å². The lowest BCUT2D eigenvalue weighted by atomic mass is 10.2. The summed E-state index contributed by atoms with van der Waals surface area (Å²) < 4.78 is 10.3. The van der Waals surface area contributed by atoms with Crippen molar-refractivity contribution in [3.8, 4) is 0 Å². The maximum Gasteiger partial charge on any atom is 0.289 e. The third kappa shape index (κ3) is 3.81. The number of nitrogens with one attached hydrogen (secondary N) is 1. The zero-order valence-electron chi connectivity index (χ0n) is 12.7. The van der Waals surface area contributed by atoms with Crippen LogP contribution in [0, 0.1) is 0 Å². The van der Waals surface area contributed by atoms with Crippen LogP contribution >= 0.6 is 0 Å². The number of nitrogens with zero attached hydrogens (tertiary/aromatic N) is 2. The van der Waals surface area contributed by atoms with E-state index < -0.39 is 0 Å². The van der Waals surface area contributed by atoms with Gasteiger partial charge >= 0.3 is 0 Å². The molecule has 1 saturated heterocycles. The van der Waals surface area contributed by atoms with E-state index >= 15 is 0 Å². The second kappa shape index (κ2) is 7.15. The predicted octanol–water partition coefficient (Wildman–Crippen LogP) is 0.947. The van der Waals surface area contributed by atoms with Gasteiger partial charge in [-0.05, 0) is 24.3 Å². The molecule has 122 valence electrons. The average Bonchev–Trinajstić information content (AvgIpc) is 3.28. The molecule has 0 bridgehead atoms. The van der Waals surface area contributed by atoms with Crippen molar-refractivity contribution in [3.63, 3.8) is 0 Å². The standard InChI is InChI=1S/C16H19N3O4/c20-15(12-17-11-13-3-1-9-22-13)18-5-7-19(8-6-18)16(21)14-4-2-10-23-14/h1-4,9-10,17H,5-8,11-12H2. The summed E-state index contributed by atoms with van der Waals surface area (Å²) in [6.45, 7) is 2.89. The molecule has 2 amide bonds. The molecule has 1 aliphatic heterocycles. The Morgan fingerprint density at radius 3 is 2.35 bits per heavy atom. The Balaban J connectivity index is 1.41. The molecule has 0 aliphatic carbocycles. The molecule has 0 atom stereocenters. The van der Waals surface area contributed by atoms with Gasteiger partial charge in [-0.25, -0.2) is 0 Å². The fourth-order valence-corrected chi connectivity index (χ4v) is 2.53. The van der Waals surface area contributed by atoms with Crippen molar-refractivity contribution in [1.29, 1.82) is 0 Å². The van der Waals surface area contributed by atoms with Gasteiger partial charge in [-0.1, -0.05) is 0 Å². The van der Waals surface area contributed by atoms with E-state index in [1.807, 2.05) is 12.1 Å². The Morgan fingerprint density at radius 1 is 1.00 bits per heavy atom. The van der Waals surface area contributed by atoms with Crippen LogP contribution in [0.25, 0.3) is 0 Å². The number of carbonyl (C=O) groups excluding carboxylic acids is 2. The molecule has 7 nitrogen and oxygen atoms in total. The number of amides is 2. The molecule has 1 N–H and O–H groups in total. The van der Waals surface area contributed by atoms with E-state index in [0.717, 1.165) is 5.76 Å². The molecule has 0 aromatic carbocycles. The third-order valence-electron chi connectivity index (χ3n) is 3.81. The number of rotatable bonds is 5. The van der Waals surface area contributed by atoms with Crippen LogP contribution in [0.2, 0.25) is 0 Å². The minimum atomic E-state index is -0.127. The highest BCUT2D eigenvalue weighted by molar-refractivity contribution is 5.91. The Kier molecular flexibility index (Phi) is 4.77.